The van der Waals surface area contributed by atoms with Crippen molar-refractivity contribution >= 4 is 15.7 Å². The number of sulfonamides is 1. The van der Waals surface area contributed by atoms with Crippen molar-refractivity contribution in [3.8, 4) is 17.2 Å². The number of rotatable bonds is 7. The molecule has 0 unspecified atom stereocenters. The van der Waals surface area contributed by atoms with Crippen molar-refractivity contribution < 1.29 is 22.6 Å². The van der Waals surface area contributed by atoms with Gasteiger partial charge in [-0.1, -0.05) is 0 Å². The van der Waals surface area contributed by atoms with Gasteiger partial charge in [0.15, 0.2) is 0 Å². The Morgan fingerprint density at radius 1 is 1.04 bits per heavy atom. The normalized spacial score (nSPS) is 16.6. The standard InChI is InChI=1S/C20H24N2O5S/c1-5-27-16-8-6-14(7-9-16)19-13-20(22(21-19)28(4,23)24)15-10-17(25-2)12-18(11-15)26-3/h6-12,20H,5,13H2,1-4H3/t20-/m0/s1. The number of hydrogen-bond donors (Lipinski definition) is 0. The topological polar surface area (TPSA) is 77.4 Å². The van der Waals surface area contributed by atoms with E-state index >= 15 is 0 Å². The molecule has 0 saturated carbocycles. The van der Waals surface area contributed by atoms with E-state index in [4.69, 9.17) is 14.2 Å². The Labute approximate surface area is 165 Å². The van der Waals surface area contributed by atoms with Crippen molar-refractivity contribution in [1.29, 1.82) is 0 Å². The SMILES string of the molecule is CCOc1ccc(C2=NN(S(C)(=O)=O)[C@H](c3cc(OC)cc(OC)c3)C2)cc1. The Morgan fingerprint density at radius 3 is 2.14 bits per heavy atom. The molecule has 1 aliphatic rings. The molecule has 2 aromatic carbocycles. The van der Waals surface area contributed by atoms with Crippen LogP contribution in [0.2, 0.25) is 0 Å². The second-order valence-electron chi connectivity index (χ2n) is 6.41. The number of benzene rings is 2. The number of hydrogen-bond acceptors (Lipinski definition) is 6. The molecule has 1 aliphatic heterocycles. The molecule has 0 radical (unpaired) electrons. The lowest BCUT2D eigenvalue weighted by atomic mass is 9.98. The summed E-state index contributed by atoms with van der Waals surface area (Å²) in [6, 6.07) is 12.4. The van der Waals surface area contributed by atoms with Crippen LogP contribution >= 0.6 is 0 Å². The first-order valence-corrected chi connectivity index (χ1v) is 10.7. The quantitative estimate of drug-likeness (QED) is 0.708. The Bertz CT molecular complexity index is 948. The molecule has 0 spiro atoms. The average molecular weight is 404 g/mol. The minimum absolute atomic E-state index is 0.442. The van der Waals surface area contributed by atoms with Crippen LogP contribution in [0.15, 0.2) is 47.6 Å². The van der Waals surface area contributed by atoms with Crippen molar-refractivity contribution in [2.24, 2.45) is 5.10 Å². The van der Waals surface area contributed by atoms with Gasteiger partial charge >= 0.3 is 0 Å². The van der Waals surface area contributed by atoms with E-state index in [9.17, 15) is 8.42 Å². The van der Waals surface area contributed by atoms with Crippen LogP contribution in [0.4, 0.5) is 0 Å². The van der Waals surface area contributed by atoms with E-state index in [-0.39, 0.29) is 0 Å². The van der Waals surface area contributed by atoms with Gasteiger partial charge in [-0.05, 0) is 54.4 Å². The van der Waals surface area contributed by atoms with Crippen molar-refractivity contribution in [1.82, 2.24) is 4.41 Å². The van der Waals surface area contributed by atoms with Crippen LogP contribution in [-0.4, -0.2) is 45.6 Å². The maximum atomic E-state index is 12.4. The minimum atomic E-state index is -3.56. The molecule has 28 heavy (non-hydrogen) atoms. The average Bonchev–Trinajstić information content (AvgIpc) is 3.14. The van der Waals surface area contributed by atoms with Crippen molar-refractivity contribution in [2.45, 2.75) is 19.4 Å². The predicted molar refractivity (Wildman–Crippen MR) is 108 cm³/mol. The highest BCUT2D eigenvalue weighted by Crippen LogP contribution is 2.37. The molecule has 3 rings (SSSR count). The van der Waals surface area contributed by atoms with Crippen LogP contribution in [0.1, 0.15) is 30.5 Å². The summed E-state index contributed by atoms with van der Waals surface area (Å²) in [5, 5.41) is 4.41. The fourth-order valence-electron chi connectivity index (χ4n) is 3.15. The summed E-state index contributed by atoms with van der Waals surface area (Å²) in [6.45, 7) is 2.51. The van der Waals surface area contributed by atoms with Crippen LogP contribution in [0.5, 0.6) is 17.2 Å². The Morgan fingerprint density at radius 2 is 1.64 bits per heavy atom. The molecule has 0 aliphatic carbocycles. The molecule has 0 bridgehead atoms. The molecule has 0 amide bonds. The number of nitrogens with zero attached hydrogens (tertiary/aromatic N) is 2. The first-order chi connectivity index (χ1) is 13.4. The lowest BCUT2D eigenvalue weighted by molar-refractivity contribution is 0.340. The fraction of sp³-hybridized carbons (Fsp3) is 0.350. The van der Waals surface area contributed by atoms with Crippen LogP contribution in [0.25, 0.3) is 0 Å². The zero-order valence-electron chi connectivity index (χ0n) is 16.4. The molecule has 0 aromatic heterocycles. The van der Waals surface area contributed by atoms with E-state index in [1.54, 1.807) is 20.3 Å². The van der Waals surface area contributed by atoms with Gasteiger partial charge in [-0.3, -0.25) is 0 Å². The van der Waals surface area contributed by atoms with E-state index in [0.29, 0.717) is 30.2 Å². The van der Waals surface area contributed by atoms with Crippen LogP contribution in [0.3, 0.4) is 0 Å². The summed E-state index contributed by atoms with van der Waals surface area (Å²) < 4.78 is 42.0. The lowest BCUT2D eigenvalue weighted by Crippen LogP contribution is -2.26. The van der Waals surface area contributed by atoms with E-state index in [0.717, 1.165) is 27.5 Å². The highest BCUT2D eigenvalue weighted by Gasteiger charge is 2.35. The van der Waals surface area contributed by atoms with Gasteiger partial charge < -0.3 is 14.2 Å². The molecule has 1 heterocycles. The number of hydrazone groups is 1. The molecule has 0 saturated heterocycles. The predicted octanol–water partition coefficient (Wildman–Crippen LogP) is 3.21. The van der Waals surface area contributed by atoms with E-state index < -0.39 is 16.1 Å². The lowest BCUT2D eigenvalue weighted by Gasteiger charge is -2.22. The third-order valence-corrected chi connectivity index (χ3v) is 5.49. The summed E-state index contributed by atoms with van der Waals surface area (Å²) in [4.78, 5) is 0. The van der Waals surface area contributed by atoms with E-state index in [1.807, 2.05) is 43.3 Å². The third kappa shape index (κ3) is 4.22. The first kappa shape index (κ1) is 20.0. The molecule has 8 heteroatoms. The molecule has 1 atom stereocenters. The smallest absolute Gasteiger partial charge is 0.247 e. The molecular formula is C20H24N2O5S. The minimum Gasteiger partial charge on any atom is -0.497 e. The van der Waals surface area contributed by atoms with Crippen molar-refractivity contribution in [2.75, 3.05) is 27.1 Å². The van der Waals surface area contributed by atoms with Gasteiger partial charge in [0.1, 0.15) is 17.2 Å². The maximum Gasteiger partial charge on any atom is 0.247 e. The Hall–Kier alpha value is -2.74. The monoisotopic (exact) mass is 404 g/mol. The second-order valence-corrected chi connectivity index (χ2v) is 8.25. The second kappa shape index (κ2) is 8.10. The summed E-state index contributed by atoms with van der Waals surface area (Å²) in [5.41, 5.74) is 2.31. The number of ether oxygens (including phenoxy) is 3. The Balaban J connectivity index is 1.97. The van der Waals surface area contributed by atoms with Gasteiger partial charge in [0.25, 0.3) is 0 Å². The van der Waals surface area contributed by atoms with Gasteiger partial charge in [0, 0.05) is 12.5 Å². The van der Waals surface area contributed by atoms with Gasteiger partial charge in [-0.15, -0.1) is 0 Å². The first-order valence-electron chi connectivity index (χ1n) is 8.88. The van der Waals surface area contributed by atoms with Crippen molar-refractivity contribution in [3.63, 3.8) is 0 Å². The van der Waals surface area contributed by atoms with Crippen LogP contribution < -0.4 is 14.2 Å². The summed E-state index contributed by atoms with van der Waals surface area (Å²) >= 11 is 0. The highest BCUT2D eigenvalue weighted by atomic mass is 32.2. The zero-order chi connectivity index (χ0) is 20.3. The zero-order valence-corrected chi connectivity index (χ0v) is 17.2. The molecule has 150 valence electrons. The van der Waals surface area contributed by atoms with Crippen LogP contribution in [0, 0.1) is 0 Å². The van der Waals surface area contributed by atoms with E-state index in [2.05, 4.69) is 5.10 Å². The van der Waals surface area contributed by atoms with Gasteiger partial charge in [-0.2, -0.15) is 9.52 Å². The van der Waals surface area contributed by atoms with Gasteiger partial charge in [-0.25, -0.2) is 8.42 Å². The molecule has 0 N–H and O–H groups in total. The molecule has 7 nitrogen and oxygen atoms in total. The largest absolute Gasteiger partial charge is 0.497 e. The van der Waals surface area contributed by atoms with Gasteiger partial charge in [0.2, 0.25) is 10.0 Å². The number of methoxy groups -OCH3 is 2. The van der Waals surface area contributed by atoms with E-state index in [1.165, 1.54) is 0 Å². The van der Waals surface area contributed by atoms with Crippen LogP contribution in [-0.2, 0) is 10.0 Å². The molecule has 2 aromatic rings. The third-order valence-electron chi connectivity index (χ3n) is 4.47. The highest BCUT2D eigenvalue weighted by molar-refractivity contribution is 7.88. The summed E-state index contributed by atoms with van der Waals surface area (Å²) in [7, 11) is -0.439. The fourth-order valence-corrected chi connectivity index (χ4v) is 4.05. The summed E-state index contributed by atoms with van der Waals surface area (Å²) in [5.74, 6) is 1.95. The molecular weight excluding hydrogens is 380 g/mol. The van der Waals surface area contributed by atoms with Crippen molar-refractivity contribution in [3.05, 3.63) is 53.6 Å². The summed E-state index contributed by atoms with van der Waals surface area (Å²) in [6.07, 6.45) is 1.60. The maximum absolute atomic E-state index is 12.4. The Kier molecular flexibility index (Phi) is 5.79. The van der Waals surface area contributed by atoms with Gasteiger partial charge in [0.05, 0.1) is 38.8 Å². The molecule has 0 fully saturated rings.